The van der Waals surface area contributed by atoms with Gasteiger partial charge in [0, 0.05) is 45.9 Å². The lowest BCUT2D eigenvalue weighted by molar-refractivity contribution is -0.123. The minimum atomic E-state index is -0.0791. The highest BCUT2D eigenvalue weighted by molar-refractivity contribution is 5.78. The molecule has 2 amide bonds. The predicted octanol–water partition coefficient (Wildman–Crippen LogP) is 0.455. The van der Waals surface area contributed by atoms with Gasteiger partial charge in [0.05, 0.1) is 46.2 Å². The summed E-state index contributed by atoms with van der Waals surface area (Å²) in [7, 11) is 1.58. The molecule has 9 nitrogen and oxygen atoms in total. The third-order valence-electron chi connectivity index (χ3n) is 3.67. The number of rotatable bonds is 20. The molecule has 164 valence electrons. The number of ether oxygens (including phenoxy) is 4. The van der Waals surface area contributed by atoms with E-state index in [0.717, 1.165) is 0 Å². The lowest BCUT2D eigenvalue weighted by atomic mass is 10.2. The van der Waals surface area contributed by atoms with E-state index in [0.29, 0.717) is 85.0 Å². The lowest BCUT2D eigenvalue weighted by Gasteiger charge is -2.08. The molecule has 0 rings (SSSR count). The first-order valence-corrected chi connectivity index (χ1v) is 9.87. The molecule has 0 fully saturated rings. The molecule has 28 heavy (non-hydrogen) atoms. The molecule has 2 N–H and O–H groups in total. The summed E-state index contributed by atoms with van der Waals surface area (Å²) in [4.78, 5) is 34.1. The van der Waals surface area contributed by atoms with Gasteiger partial charge in [0.2, 0.25) is 11.8 Å². The second-order valence-corrected chi connectivity index (χ2v) is 6.03. The molecule has 0 aromatic heterocycles. The number of carbonyl (C=O) groups is 3. The van der Waals surface area contributed by atoms with E-state index in [1.807, 2.05) is 6.92 Å². The average molecular weight is 405 g/mol. The third-order valence-corrected chi connectivity index (χ3v) is 3.67. The van der Waals surface area contributed by atoms with Crippen molar-refractivity contribution in [1.29, 1.82) is 0 Å². The van der Waals surface area contributed by atoms with E-state index in [-0.39, 0.29) is 24.0 Å². The van der Waals surface area contributed by atoms with Crippen molar-refractivity contribution < 1.29 is 33.3 Å². The number of ketones is 1. The van der Waals surface area contributed by atoms with Gasteiger partial charge in [-0.3, -0.25) is 14.4 Å². The van der Waals surface area contributed by atoms with Crippen LogP contribution in [0.1, 0.15) is 39.0 Å². The third kappa shape index (κ3) is 19.2. The molecule has 0 unspecified atom stereocenters. The summed E-state index contributed by atoms with van der Waals surface area (Å²) < 4.78 is 20.8. The van der Waals surface area contributed by atoms with Crippen LogP contribution in [0.5, 0.6) is 0 Å². The fourth-order valence-electron chi connectivity index (χ4n) is 2.03. The van der Waals surface area contributed by atoms with E-state index >= 15 is 0 Å². The Kier molecular flexibility index (Phi) is 19.1. The molecule has 0 aliphatic carbocycles. The van der Waals surface area contributed by atoms with Gasteiger partial charge in [-0.2, -0.15) is 0 Å². The smallest absolute Gasteiger partial charge is 0.222 e. The van der Waals surface area contributed by atoms with E-state index in [2.05, 4.69) is 10.6 Å². The minimum Gasteiger partial charge on any atom is -0.383 e. The van der Waals surface area contributed by atoms with Gasteiger partial charge in [0.15, 0.2) is 0 Å². The first-order valence-electron chi connectivity index (χ1n) is 9.87. The molecule has 9 heteroatoms. The van der Waals surface area contributed by atoms with E-state index < -0.39 is 0 Å². The van der Waals surface area contributed by atoms with Crippen molar-refractivity contribution in [1.82, 2.24) is 10.6 Å². The largest absolute Gasteiger partial charge is 0.383 e. The molecular formula is C19H36N2O7. The Balaban J connectivity index is 3.25. The fraction of sp³-hybridized carbons (Fsp3) is 0.842. The first kappa shape index (κ1) is 26.4. The van der Waals surface area contributed by atoms with Gasteiger partial charge >= 0.3 is 0 Å². The molecule has 0 spiro atoms. The lowest BCUT2D eigenvalue weighted by Crippen LogP contribution is -2.27. The number of Topliss-reactive ketones (excluding diaryl/α,β-unsaturated/α-hetero) is 1. The zero-order valence-electron chi connectivity index (χ0n) is 17.3. The van der Waals surface area contributed by atoms with Crippen molar-refractivity contribution in [2.24, 2.45) is 0 Å². The highest BCUT2D eigenvalue weighted by atomic mass is 16.5. The van der Waals surface area contributed by atoms with Crippen LogP contribution in [0.25, 0.3) is 0 Å². The van der Waals surface area contributed by atoms with Gasteiger partial charge in [-0.1, -0.05) is 6.92 Å². The van der Waals surface area contributed by atoms with E-state index in [1.54, 1.807) is 7.11 Å². The maximum absolute atomic E-state index is 11.6. The number of nitrogens with one attached hydrogen (secondary N) is 2. The zero-order chi connectivity index (χ0) is 20.9. The minimum absolute atomic E-state index is 0.0650. The Hall–Kier alpha value is -1.55. The Labute approximate surface area is 167 Å². The summed E-state index contributed by atoms with van der Waals surface area (Å²) in [6.07, 6.45) is 2.33. The number of carbonyl (C=O) groups excluding carboxylic acids is 3. The summed E-state index contributed by atoms with van der Waals surface area (Å²) in [5, 5.41) is 5.47. The van der Waals surface area contributed by atoms with Crippen molar-refractivity contribution >= 4 is 17.6 Å². The molecule has 0 heterocycles. The SMILES string of the molecule is CCC(=O)CCCNC(=O)CCOCCOCCOCCC(=O)NCCOC. The highest BCUT2D eigenvalue weighted by Gasteiger charge is 2.03. The van der Waals surface area contributed by atoms with Gasteiger partial charge in [-0.25, -0.2) is 0 Å². The molecule has 0 aliphatic heterocycles. The highest BCUT2D eigenvalue weighted by Crippen LogP contribution is 1.93. The van der Waals surface area contributed by atoms with E-state index in [1.165, 1.54) is 0 Å². The molecule has 0 saturated carbocycles. The summed E-state index contributed by atoms with van der Waals surface area (Å²) in [5.41, 5.74) is 0. The van der Waals surface area contributed by atoms with Crippen LogP contribution in [0.4, 0.5) is 0 Å². The average Bonchev–Trinajstić information content (AvgIpc) is 2.69. The van der Waals surface area contributed by atoms with Gasteiger partial charge in [-0.15, -0.1) is 0 Å². The number of methoxy groups -OCH3 is 1. The van der Waals surface area contributed by atoms with Crippen molar-refractivity contribution in [3.8, 4) is 0 Å². The van der Waals surface area contributed by atoms with Crippen LogP contribution < -0.4 is 10.6 Å². The van der Waals surface area contributed by atoms with Crippen molar-refractivity contribution in [3.63, 3.8) is 0 Å². The van der Waals surface area contributed by atoms with Crippen LogP contribution in [0.3, 0.4) is 0 Å². The van der Waals surface area contributed by atoms with E-state index in [4.69, 9.17) is 18.9 Å². The summed E-state index contributed by atoms with van der Waals surface area (Å²) in [6.45, 7) is 5.68. The summed E-state index contributed by atoms with van der Waals surface area (Å²) >= 11 is 0. The van der Waals surface area contributed by atoms with Crippen LogP contribution >= 0.6 is 0 Å². The summed E-state index contributed by atoms with van der Waals surface area (Å²) in [6, 6.07) is 0. The molecule has 0 atom stereocenters. The second-order valence-electron chi connectivity index (χ2n) is 6.03. The molecule has 0 saturated heterocycles. The van der Waals surface area contributed by atoms with Crippen LogP contribution in [0.15, 0.2) is 0 Å². The summed E-state index contributed by atoms with van der Waals surface area (Å²) in [5.74, 6) is 0.0702. The number of hydrogen-bond acceptors (Lipinski definition) is 7. The quantitative estimate of drug-likeness (QED) is 0.283. The Morgan fingerprint density at radius 2 is 1.18 bits per heavy atom. The van der Waals surface area contributed by atoms with Gasteiger partial charge in [0.25, 0.3) is 0 Å². The van der Waals surface area contributed by atoms with Gasteiger partial charge in [0.1, 0.15) is 5.78 Å². The van der Waals surface area contributed by atoms with Crippen LogP contribution in [0.2, 0.25) is 0 Å². The Morgan fingerprint density at radius 3 is 1.68 bits per heavy atom. The maximum atomic E-state index is 11.6. The first-order chi connectivity index (χ1) is 13.6. The predicted molar refractivity (Wildman–Crippen MR) is 104 cm³/mol. The van der Waals surface area contributed by atoms with Crippen molar-refractivity contribution in [2.75, 3.05) is 66.4 Å². The molecular weight excluding hydrogens is 368 g/mol. The van der Waals surface area contributed by atoms with E-state index in [9.17, 15) is 14.4 Å². The topological polar surface area (TPSA) is 112 Å². The monoisotopic (exact) mass is 404 g/mol. The van der Waals surface area contributed by atoms with Gasteiger partial charge < -0.3 is 29.6 Å². The van der Waals surface area contributed by atoms with Crippen LogP contribution in [0, 0.1) is 0 Å². The molecule has 0 aromatic rings. The van der Waals surface area contributed by atoms with Crippen LogP contribution in [-0.2, 0) is 33.3 Å². The van der Waals surface area contributed by atoms with Gasteiger partial charge in [-0.05, 0) is 6.42 Å². The molecule has 0 aromatic carbocycles. The Morgan fingerprint density at radius 1 is 0.679 bits per heavy atom. The fourth-order valence-corrected chi connectivity index (χ4v) is 2.03. The zero-order valence-corrected chi connectivity index (χ0v) is 17.3. The van der Waals surface area contributed by atoms with Crippen molar-refractivity contribution in [2.45, 2.75) is 39.0 Å². The number of amides is 2. The second kappa shape index (κ2) is 20.2. The van der Waals surface area contributed by atoms with Crippen LogP contribution in [-0.4, -0.2) is 84.0 Å². The molecule has 0 radical (unpaired) electrons. The standard InChI is InChI=1S/C19H36N2O7/c1-3-17(22)5-4-8-20-18(23)6-10-26-13-15-28-16-14-27-11-7-19(24)21-9-12-25-2/h3-16H2,1-2H3,(H,20,23)(H,21,24). The van der Waals surface area contributed by atoms with Crippen molar-refractivity contribution in [3.05, 3.63) is 0 Å². The number of hydrogen-bond donors (Lipinski definition) is 2. The molecule has 0 bridgehead atoms. The maximum Gasteiger partial charge on any atom is 0.222 e. The normalized spacial score (nSPS) is 10.6. The Bertz CT molecular complexity index is 419. The molecule has 0 aliphatic rings.